The molecule has 0 aromatic carbocycles. The minimum absolute atomic E-state index is 0.0229. The van der Waals surface area contributed by atoms with E-state index < -0.39 is 0 Å². The van der Waals surface area contributed by atoms with E-state index in [0.29, 0.717) is 6.04 Å². The van der Waals surface area contributed by atoms with Crippen LogP contribution in [0.3, 0.4) is 0 Å². The van der Waals surface area contributed by atoms with Crippen LogP contribution in [0.5, 0.6) is 0 Å². The van der Waals surface area contributed by atoms with Crippen LogP contribution in [0.15, 0.2) is 18.5 Å². The van der Waals surface area contributed by atoms with Gasteiger partial charge in [0.05, 0.1) is 6.04 Å². The summed E-state index contributed by atoms with van der Waals surface area (Å²) in [5.41, 5.74) is 0. The van der Waals surface area contributed by atoms with Gasteiger partial charge in [-0.1, -0.05) is 13.8 Å². The molecule has 1 saturated heterocycles. The molecule has 1 unspecified atom stereocenters. The third-order valence-corrected chi connectivity index (χ3v) is 3.21. The average molecular weight is 250 g/mol. The lowest BCUT2D eigenvalue weighted by atomic mass is 10.2. The predicted octanol–water partition coefficient (Wildman–Crippen LogP) is 0.872. The molecule has 0 bridgehead atoms. The van der Waals surface area contributed by atoms with Crippen LogP contribution in [0.25, 0.3) is 0 Å². The molecule has 5 heteroatoms. The topological polar surface area (TPSA) is 50.2 Å². The Morgan fingerprint density at radius 1 is 1.50 bits per heavy atom. The maximum atomic E-state index is 12.1. The summed E-state index contributed by atoms with van der Waals surface area (Å²) >= 11 is 0. The number of nitrogens with one attached hydrogen (secondary N) is 1. The highest BCUT2D eigenvalue weighted by molar-refractivity contribution is 5.83. The Morgan fingerprint density at radius 3 is 3.00 bits per heavy atom. The van der Waals surface area contributed by atoms with Crippen molar-refractivity contribution >= 4 is 5.91 Å². The summed E-state index contributed by atoms with van der Waals surface area (Å²) in [6.45, 7) is 6.73. The lowest BCUT2D eigenvalue weighted by Gasteiger charge is -2.18. The minimum Gasteiger partial charge on any atom is -0.341 e. The van der Waals surface area contributed by atoms with E-state index in [1.54, 1.807) is 6.20 Å². The number of carbonyl (C=O) groups is 1. The number of amides is 1. The minimum atomic E-state index is 0.0229. The number of aromatic nitrogens is 2. The number of carbonyl (C=O) groups excluding carboxylic acids is 1. The molecule has 2 heterocycles. The molecule has 18 heavy (non-hydrogen) atoms. The first-order chi connectivity index (χ1) is 8.66. The molecule has 1 aromatic rings. The number of hydrogen-bond donors (Lipinski definition) is 1. The second-order valence-electron chi connectivity index (χ2n) is 5.11. The Labute approximate surface area is 108 Å². The standard InChI is InChI=1S/C13H22N4O/c1-11(2)15-12-5-10-16(13(12)18)7-4-9-17-8-3-6-14-17/h3,6,8,11-12,15H,4-5,7,9-10H2,1-2H3. The Morgan fingerprint density at radius 2 is 2.33 bits per heavy atom. The number of hydrogen-bond acceptors (Lipinski definition) is 3. The molecule has 1 aliphatic rings. The molecule has 100 valence electrons. The molecule has 2 rings (SSSR count). The quantitative estimate of drug-likeness (QED) is 0.815. The van der Waals surface area contributed by atoms with Crippen LogP contribution >= 0.6 is 0 Å². The normalized spacial score (nSPS) is 20.1. The first-order valence-electron chi connectivity index (χ1n) is 6.69. The van der Waals surface area contributed by atoms with Gasteiger partial charge in [-0.25, -0.2) is 0 Å². The van der Waals surface area contributed by atoms with Gasteiger partial charge in [-0.2, -0.15) is 5.10 Å². The van der Waals surface area contributed by atoms with Crippen molar-refractivity contribution in [1.82, 2.24) is 20.0 Å². The summed E-state index contributed by atoms with van der Waals surface area (Å²) in [6.07, 6.45) is 5.62. The zero-order valence-corrected chi connectivity index (χ0v) is 11.2. The van der Waals surface area contributed by atoms with Crippen molar-refractivity contribution in [2.24, 2.45) is 0 Å². The maximum Gasteiger partial charge on any atom is 0.239 e. The number of nitrogens with zero attached hydrogens (tertiary/aromatic N) is 3. The maximum absolute atomic E-state index is 12.1. The molecule has 0 aliphatic carbocycles. The second-order valence-corrected chi connectivity index (χ2v) is 5.11. The molecule has 0 saturated carbocycles. The number of rotatable bonds is 6. The van der Waals surface area contributed by atoms with Gasteiger partial charge in [0.15, 0.2) is 0 Å². The van der Waals surface area contributed by atoms with Crippen LogP contribution in [0.1, 0.15) is 26.7 Å². The number of aryl methyl sites for hydroxylation is 1. The van der Waals surface area contributed by atoms with Crippen molar-refractivity contribution in [2.45, 2.75) is 45.3 Å². The van der Waals surface area contributed by atoms with Crippen LogP contribution in [0.2, 0.25) is 0 Å². The Balaban J connectivity index is 1.72. The molecule has 1 amide bonds. The summed E-state index contributed by atoms with van der Waals surface area (Å²) in [7, 11) is 0. The summed E-state index contributed by atoms with van der Waals surface area (Å²) in [5.74, 6) is 0.254. The van der Waals surface area contributed by atoms with Crippen LogP contribution in [0.4, 0.5) is 0 Å². The fraction of sp³-hybridized carbons (Fsp3) is 0.692. The molecule has 0 radical (unpaired) electrons. The van der Waals surface area contributed by atoms with Crippen molar-refractivity contribution in [3.63, 3.8) is 0 Å². The molecular weight excluding hydrogens is 228 g/mol. The third kappa shape index (κ3) is 3.32. The monoisotopic (exact) mass is 250 g/mol. The Bertz CT molecular complexity index is 374. The number of likely N-dealkylation sites (tertiary alicyclic amines) is 1. The summed E-state index contributed by atoms with van der Waals surface area (Å²) in [6, 6.07) is 2.31. The molecule has 1 fully saturated rings. The average Bonchev–Trinajstić information content (AvgIpc) is 2.93. The Kier molecular flexibility index (Phi) is 4.36. The predicted molar refractivity (Wildman–Crippen MR) is 70.1 cm³/mol. The molecule has 1 N–H and O–H groups in total. The van der Waals surface area contributed by atoms with E-state index in [1.807, 2.05) is 21.8 Å². The molecule has 1 aliphatic heterocycles. The van der Waals surface area contributed by atoms with Gasteiger partial charge in [-0.15, -0.1) is 0 Å². The van der Waals surface area contributed by atoms with Gasteiger partial charge in [0.1, 0.15) is 0 Å². The first-order valence-corrected chi connectivity index (χ1v) is 6.69. The van der Waals surface area contributed by atoms with Crippen molar-refractivity contribution in [3.05, 3.63) is 18.5 Å². The zero-order valence-electron chi connectivity index (χ0n) is 11.2. The van der Waals surface area contributed by atoms with E-state index in [9.17, 15) is 4.79 Å². The van der Waals surface area contributed by atoms with Crippen molar-refractivity contribution in [1.29, 1.82) is 0 Å². The fourth-order valence-corrected chi connectivity index (χ4v) is 2.37. The van der Waals surface area contributed by atoms with Crippen LogP contribution in [-0.4, -0.2) is 45.8 Å². The molecule has 1 atom stereocenters. The third-order valence-electron chi connectivity index (χ3n) is 3.21. The van der Waals surface area contributed by atoms with Crippen LogP contribution in [0, 0.1) is 0 Å². The van der Waals surface area contributed by atoms with Crippen LogP contribution in [-0.2, 0) is 11.3 Å². The van der Waals surface area contributed by atoms with E-state index in [-0.39, 0.29) is 11.9 Å². The SMILES string of the molecule is CC(C)NC1CCN(CCCn2cccn2)C1=O. The van der Waals surface area contributed by atoms with Gasteiger partial charge in [0.2, 0.25) is 5.91 Å². The molecular formula is C13H22N4O. The first kappa shape index (κ1) is 13.1. The highest BCUT2D eigenvalue weighted by Crippen LogP contribution is 2.12. The largest absolute Gasteiger partial charge is 0.341 e. The second kappa shape index (κ2) is 6.00. The molecule has 0 spiro atoms. The van der Waals surface area contributed by atoms with E-state index in [2.05, 4.69) is 24.3 Å². The van der Waals surface area contributed by atoms with Gasteiger partial charge < -0.3 is 10.2 Å². The van der Waals surface area contributed by atoms with E-state index in [1.165, 1.54) is 0 Å². The van der Waals surface area contributed by atoms with Gasteiger partial charge in [0.25, 0.3) is 0 Å². The van der Waals surface area contributed by atoms with Crippen LogP contribution < -0.4 is 5.32 Å². The van der Waals surface area contributed by atoms with E-state index in [4.69, 9.17) is 0 Å². The molecule has 1 aromatic heterocycles. The summed E-state index contributed by atoms with van der Waals surface area (Å²) < 4.78 is 1.91. The van der Waals surface area contributed by atoms with Gasteiger partial charge in [0, 0.05) is 38.1 Å². The summed E-state index contributed by atoms with van der Waals surface area (Å²) in [4.78, 5) is 14.0. The highest BCUT2D eigenvalue weighted by Gasteiger charge is 2.30. The molecule has 5 nitrogen and oxygen atoms in total. The van der Waals surface area contributed by atoms with Gasteiger partial charge in [-0.3, -0.25) is 9.48 Å². The Hall–Kier alpha value is -1.36. The smallest absolute Gasteiger partial charge is 0.239 e. The fourth-order valence-electron chi connectivity index (χ4n) is 2.37. The van der Waals surface area contributed by atoms with Crippen molar-refractivity contribution < 1.29 is 4.79 Å². The summed E-state index contributed by atoms with van der Waals surface area (Å²) in [5, 5.41) is 7.47. The van der Waals surface area contributed by atoms with Crippen molar-refractivity contribution in [2.75, 3.05) is 13.1 Å². The lowest BCUT2D eigenvalue weighted by Crippen LogP contribution is -2.41. The van der Waals surface area contributed by atoms with E-state index >= 15 is 0 Å². The lowest BCUT2D eigenvalue weighted by molar-refractivity contribution is -0.129. The van der Waals surface area contributed by atoms with Gasteiger partial charge >= 0.3 is 0 Å². The van der Waals surface area contributed by atoms with Crippen molar-refractivity contribution in [3.8, 4) is 0 Å². The van der Waals surface area contributed by atoms with E-state index in [0.717, 1.165) is 32.5 Å². The van der Waals surface area contributed by atoms with Gasteiger partial charge in [-0.05, 0) is 18.9 Å². The zero-order chi connectivity index (χ0) is 13.0. The highest BCUT2D eigenvalue weighted by atomic mass is 16.2.